The summed E-state index contributed by atoms with van der Waals surface area (Å²) in [6.07, 6.45) is 29.0. The molecule has 14 unspecified atom stereocenters. The molecule has 0 N–H and O–H groups in total. The molecule has 0 radical (unpaired) electrons. The van der Waals surface area contributed by atoms with Gasteiger partial charge in [0.1, 0.15) is 0 Å². The highest BCUT2D eigenvalue weighted by atomic mass is 35.5. The third-order valence-electron chi connectivity index (χ3n) is 13.1. The first-order chi connectivity index (χ1) is 27.9. The third-order valence-corrected chi connectivity index (χ3v) is 13.4. The summed E-state index contributed by atoms with van der Waals surface area (Å²) in [6, 6.07) is 0. The van der Waals surface area contributed by atoms with Crippen molar-refractivity contribution in [2.24, 2.45) is 59.2 Å². The molecule has 0 saturated heterocycles. The van der Waals surface area contributed by atoms with Crippen LogP contribution in [-0.2, 0) is 14.2 Å². The molecule has 0 saturated carbocycles. The van der Waals surface area contributed by atoms with Gasteiger partial charge in [-0.25, -0.2) is 0 Å². The average Bonchev–Trinajstić information content (AvgIpc) is 3.09. The summed E-state index contributed by atoms with van der Waals surface area (Å²) in [5.74, 6) is 7.52. The third kappa shape index (κ3) is 37.5. The summed E-state index contributed by atoms with van der Waals surface area (Å²) in [5.41, 5.74) is 0. The molecule has 0 spiro atoms. The minimum Gasteiger partial charge on any atom is -0.353 e. The summed E-state index contributed by atoms with van der Waals surface area (Å²) in [7, 11) is 0. The van der Waals surface area contributed by atoms with Crippen LogP contribution in [0.1, 0.15) is 251 Å². The highest BCUT2D eigenvalue weighted by molar-refractivity contribution is 6.20. The molecule has 0 aliphatic carbocycles. The Morgan fingerprint density at radius 1 is 0.305 bits per heavy atom. The zero-order valence-electron chi connectivity index (χ0n) is 42.4. The van der Waals surface area contributed by atoms with Gasteiger partial charge in [0, 0.05) is 24.0 Å². The van der Waals surface area contributed by atoms with E-state index in [1.807, 2.05) is 0 Å². The molecular weight excluding hydrogens is 767 g/mol. The molecule has 5 heteroatoms. The molecule has 0 rings (SSSR count). The molecule has 0 aliphatic heterocycles. The summed E-state index contributed by atoms with van der Waals surface area (Å²) >= 11 is 12.6. The summed E-state index contributed by atoms with van der Waals surface area (Å²) < 4.78 is 19.9. The SMILES string of the molecule is CCCCCCOC(CCCC(C)CC(C)CC(C)CC(C)CC(C)CC(C)Cl)OC(CCCC(C)CC(C)CC(C)CC(C)CC(C)CC(C)Cl)OCCCCCC. The van der Waals surface area contributed by atoms with Crippen LogP contribution in [0, 0.1) is 59.2 Å². The van der Waals surface area contributed by atoms with Crippen LogP contribution < -0.4 is 0 Å². The van der Waals surface area contributed by atoms with E-state index in [-0.39, 0.29) is 23.3 Å². The highest BCUT2D eigenvalue weighted by Crippen LogP contribution is 2.31. The van der Waals surface area contributed by atoms with E-state index in [1.54, 1.807) is 0 Å². The Kier molecular flexibility index (Phi) is 38.1. The summed E-state index contributed by atoms with van der Waals surface area (Å²) in [6.45, 7) is 34.9. The second-order valence-corrected chi connectivity index (χ2v) is 23.2. The predicted molar refractivity (Wildman–Crippen MR) is 265 cm³/mol. The number of alkyl halides is 2. The molecule has 14 atom stereocenters. The van der Waals surface area contributed by atoms with Crippen LogP contribution >= 0.6 is 23.2 Å². The number of hydrogen-bond acceptors (Lipinski definition) is 3. The fourth-order valence-electron chi connectivity index (χ4n) is 10.9. The van der Waals surface area contributed by atoms with Gasteiger partial charge < -0.3 is 14.2 Å². The van der Waals surface area contributed by atoms with E-state index in [2.05, 4.69) is 96.9 Å². The Balaban J connectivity index is 5.13. The normalized spacial score (nSPS) is 19.5. The van der Waals surface area contributed by atoms with Gasteiger partial charge in [0.05, 0.1) is 0 Å². The van der Waals surface area contributed by atoms with Crippen molar-refractivity contribution in [1.82, 2.24) is 0 Å². The van der Waals surface area contributed by atoms with Crippen molar-refractivity contribution < 1.29 is 14.2 Å². The number of hydrogen-bond donors (Lipinski definition) is 0. The van der Waals surface area contributed by atoms with Crippen LogP contribution in [0.25, 0.3) is 0 Å². The van der Waals surface area contributed by atoms with E-state index in [4.69, 9.17) is 37.4 Å². The van der Waals surface area contributed by atoms with Gasteiger partial charge >= 0.3 is 0 Å². The van der Waals surface area contributed by atoms with Crippen LogP contribution in [0.2, 0.25) is 0 Å². The lowest BCUT2D eigenvalue weighted by Crippen LogP contribution is -2.28. The predicted octanol–water partition coefficient (Wildman–Crippen LogP) is 18.7. The first kappa shape index (κ1) is 59.5. The standard InChI is InChI=1S/C54H108Cl2O3/c1-15-17-19-21-29-57-53(27-23-25-41(3)31-43(5)33-45(7)35-47(9)37-49(11)39-51(13)55)59-54(58-30-22-20-18-16-2)28-24-26-42(4)32-44(6)34-46(8)36-48(10)38-50(12)40-52(14)56/h41-54H,15-40H2,1-14H3. The van der Waals surface area contributed by atoms with E-state index < -0.39 is 0 Å². The minimum atomic E-state index is -0.171. The molecule has 0 aliphatic rings. The number of ether oxygens (including phenoxy) is 3. The van der Waals surface area contributed by atoms with Crippen LogP contribution in [0.5, 0.6) is 0 Å². The lowest BCUT2D eigenvalue weighted by Gasteiger charge is -2.27. The average molecular weight is 876 g/mol. The van der Waals surface area contributed by atoms with Crippen molar-refractivity contribution >= 4 is 23.2 Å². The Morgan fingerprint density at radius 3 is 0.847 bits per heavy atom. The van der Waals surface area contributed by atoms with Gasteiger partial charge in [0.15, 0.2) is 12.6 Å². The lowest BCUT2D eigenvalue weighted by atomic mass is 9.82. The van der Waals surface area contributed by atoms with Crippen LogP contribution in [0.4, 0.5) is 0 Å². The van der Waals surface area contributed by atoms with Gasteiger partial charge in [0.25, 0.3) is 0 Å². The van der Waals surface area contributed by atoms with Crippen molar-refractivity contribution in [3.8, 4) is 0 Å². The zero-order valence-corrected chi connectivity index (χ0v) is 44.0. The molecule has 0 aromatic carbocycles. The molecule has 59 heavy (non-hydrogen) atoms. The molecule has 0 heterocycles. The van der Waals surface area contributed by atoms with E-state index in [1.165, 1.54) is 103 Å². The highest BCUT2D eigenvalue weighted by Gasteiger charge is 2.22. The topological polar surface area (TPSA) is 27.7 Å². The molecule has 356 valence electrons. The molecular formula is C54H108Cl2O3. The van der Waals surface area contributed by atoms with Crippen molar-refractivity contribution in [2.45, 2.75) is 274 Å². The fraction of sp³-hybridized carbons (Fsp3) is 1.00. The Hall–Kier alpha value is 0.460. The molecule has 0 bridgehead atoms. The van der Waals surface area contributed by atoms with Gasteiger partial charge in [-0.2, -0.15) is 0 Å². The first-order valence-electron chi connectivity index (χ1n) is 26.1. The zero-order chi connectivity index (χ0) is 44.6. The maximum absolute atomic E-state index is 6.81. The number of halogens is 2. The summed E-state index contributed by atoms with van der Waals surface area (Å²) in [4.78, 5) is 0. The van der Waals surface area contributed by atoms with Crippen LogP contribution in [0.15, 0.2) is 0 Å². The minimum absolute atomic E-state index is 0.171. The number of rotatable bonds is 42. The fourth-order valence-corrected chi connectivity index (χ4v) is 11.5. The molecule has 0 fully saturated rings. The Bertz CT molecular complexity index is 829. The van der Waals surface area contributed by atoms with E-state index in [0.29, 0.717) is 11.8 Å². The van der Waals surface area contributed by atoms with Crippen molar-refractivity contribution in [2.75, 3.05) is 13.2 Å². The molecule has 3 nitrogen and oxygen atoms in total. The lowest BCUT2D eigenvalue weighted by molar-refractivity contribution is -0.250. The smallest absolute Gasteiger partial charge is 0.160 e. The Labute approximate surface area is 382 Å². The van der Waals surface area contributed by atoms with Gasteiger partial charge in [0.2, 0.25) is 0 Å². The molecule has 0 aromatic heterocycles. The van der Waals surface area contributed by atoms with Gasteiger partial charge in [-0.3, -0.25) is 0 Å². The van der Waals surface area contributed by atoms with Crippen molar-refractivity contribution in [3.63, 3.8) is 0 Å². The second kappa shape index (κ2) is 37.8. The first-order valence-corrected chi connectivity index (χ1v) is 27.0. The van der Waals surface area contributed by atoms with E-state index in [0.717, 1.165) is 112 Å². The van der Waals surface area contributed by atoms with Crippen LogP contribution in [0.3, 0.4) is 0 Å². The largest absolute Gasteiger partial charge is 0.353 e. The number of unbranched alkanes of at least 4 members (excludes halogenated alkanes) is 6. The van der Waals surface area contributed by atoms with E-state index >= 15 is 0 Å². The van der Waals surface area contributed by atoms with Gasteiger partial charge in [-0.15, -0.1) is 23.2 Å². The summed E-state index contributed by atoms with van der Waals surface area (Å²) in [5, 5.41) is 0.570. The Morgan fingerprint density at radius 2 is 0.576 bits per heavy atom. The van der Waals surface area contributed by atoms with Gasteiger partial charge in [-0.05, 0) is 176 Å². The maximum atomic E-state index is 6.81. The quantitative estimate of drug-likeness (QED) is 0.0347. The second-order valence-electron chi connectivity index (χ2n) is 21.7. The van der Waals surface area contributed by atoms with Gasteiger partial charge in [-0.1, -0.05) is 134 Å². The van der Waals surface area contributed by atoms with E-state index in [9.17, 15) is 0 Å². The van der Waals surface area contributed by atoms with Crippen molar-refractivity contribution in [3.05, 3.63) is 0 Å². The van der Waals surface area contributed by atoms with Crippen LogP contribution in [-0.4, -0.2) is 36.5 Å². The van der Waals surface area contributed by atoms with Crippen molar-refractivity contribution in [1.29, 1.82) is 0 Å². The molecule has 0 aromatic rings. The monoisotopic (exact) mass is 875 g/mol. The maximum Gasteiger partial charge on any atom is 0.160 e. The molecule has 0 amide bonds.